The minimum Gasteiger partial charge on any atom is -0.489 e. The summed E-state index contributed by atoms with van der Waals surface area (Å²) in [6, 6.07) is 5.90. The molecule has 0 saturated carbocycles. The van der Waals surface area contributed by atoms with E-state index < -0.39 is 23.4 Å². The first kappa shape index (κ1) is 15.1. The zero-order valence-corrected chi connectivity index (χ0v) is 10.5. The number of alkyl halides is 3. The van der Waals surface area contributed by atoms with Gasteiger partial charge in [0.1, 0.15) is 24.0 Å². The van der Waals surface area contributed by atoms with Crippen molar-refractivity contribution >= 4 is 5.69 Å². The quantitative estimate of drug-likeness (QED) is 0.683. The van der Waals surface area contributed by atoms with E-state index in [0.29, 0.717) is 17.7 Å². The maximum absolute atomic E-state index is 13.1. The molecule has 0 heterocycles. The SMILES string of the molecule is Nc1cc(F)ccc1COc1ccc(F)c(C(F)(F)F)c1. The minimum atomic E-state index is -4.81. The van der Waals surface area contributed by atoms with E-state index >= 15 is 0 Å². The van der Waals surface area contributed by atoms with Crippen molar-refractivity contribution in [1.29, 1.82) is 0 Å². The number of nitrogens with two attached hydrogens (primary N) is 1. The number of halogens is 5. The molecule has 21 heavy (non-hydrogen) atoms. The summed E-state index contributed by atoms with van der Waals surface area (Å²) < 4.78 is 68.7. The Bertz CT molecular complexity index is 654. The van der Waals surface area contributed by atoms with Crippen LogP contribution in [0.25, 0.3) is 0 Å². The largest absolute Gasteiger partial charge is 0.489 e. The molecule has 0 amide bonds. The highest BCUT2D eigenvalue weighted by Crippen LogP contribution is 2.33. The molecule has 0 atom stereocenters. The van der Waals surface area contributed by atoms with Crippen LogP contribution in [-0.2, 0) is 12.8 Å². The van der Waals surface area contributed by atoms with E-state index in [0.717, 1.165) is 18.2 Å². The van der Waals surface area contributed by atoms with Gasteiger partial charge in [0, 0.05) is 11.3 Å². The van der Waals surface area contributed by atoms with Crippen molar-refractivity contribution in [2.24, 2.45) is 0 Å². The Kier molecular flexibility index (Phi) is 4.02. The second-order valence-corrected chi connectivity index (χ2v) is 4.27. The summed E-state index contributed by atoms with van der Waals surface area (Å²) in [7, 11) is 0. The minimum absolute atomic E-state index is 0.119. The fraction of sp³-hybridized carbons (Fsp3) is 0.143. The van der Waals surface area contributed by atoms with Gasteiger partial charge in [-0.3, -0.25) is 0 Å². The summed E-state index contributed by atoms with van der Waals surface area (Å²) in [5.74, 6) is -2.07. The Morgan fingerprint density at radius 1 is 1.00 bits per heavy atom. The van der Waals surface area contributed by atoms with Gasteiger partial charge < -0.3 is 10.5 Å². The molecule has 0 aliphatic carbocycles. The second kappa shape index (κ2) is 5.59. The molecule has 2 N–H and O–H groups in total. The molecular weight excluding hydrogens is 293 g/mol. The highest BCUT2D eigenvalue weighted by Gasteiger charge is 2.34. The third-order valence-electron chi connectivity index (χ3n) is 2.75. The maximum Gasteiger partial charge on any atom is 0.419 e. The molecule has 2 nitrogen and oxygen atoms in total. The Hall–Kier alpha value is -2.31. The van der Waals surface area contributed by atoms with Crippen LogP contribution >= 0.6 is 0 Å². The molecule has 0 spiro atoms. The Labute approximate surface area is 116 Å². The van der Waals surface area contributed by atoms with Crippen LogP contribution in [0.4, 0.5) is 27.6 Å². The molecular formula is C14H10F5NO. The van der Waals surface area contributed by atoms with Gasteiger partial charge in [-0.15, -0.1) is 0 Å². The van der Waals surface area contributed by atoms with E-state index in [-0.39, 0.29) is 18.0 Å². The van der Waals surface area contributed by atoms with Crippen molar-refractivity contribution in [1.82, 2.24) is 0 Å². The lowest BCUT2D eigenvalue weighted by Gasteiger charge is -2.12. The number of rotatable bonds is 3. The van der Waals surface area contributed by atoms with Gasteiger partial charge in [-0.1, -0.05) is 6.07 Å². The Balaban J connectivity index is 2.17. The summed E-state index contributed by atoms with van der Waals surface area (Å²) >= 11 is 0. The molecule has 0 radical (unpaired) electrons. The summed E-state index contributed by atoms with van der Waals surface area (Å²) in [6.07, 6.45) is -4.81. The first-order chi connectivity index (χ1) is 9.77. The first-order valence-corrected chi connectivity index (χ1v) is 5.81. The van der Waals surface area contributed by atoms with Gasteiger partial charge in [0.2, 0.25) is 0 Å². The van der Waals surface area contributed by atoms with Crippen LogP contribution in [0.5, 0.6) is 5.75 Å². The zero-order valence-electron chi connectivity index (χ0n) is 10.5. The maximum atomic E-state index is 13.1. The van der Waals surface area contributed by atoms with Crippen molar-refractivity contribution in [2.75, 3.05) is 5.73 Å². The number of anilines is 1. The Morgan fingerprint density at radius 2 is 1.71 bits per heavy atom. The summed E-state index contributed by atoms with van der Waals surface area (Å²) in [6.45, 7) is -0.158. The van der Waals surface area contributed by atoms with Crippen LogP contribution in [-0.4, -0.2) is 0 Å². The molecule has 0 unspecified atom stereocenters. The van der Waals surface area contributed by atoms with Crippen molar-refractivity contribution < 1.29 is 26.7 Å². The van der Waals surface area contributed by atoms with Crippen LogP contribution in [0.3, 0.4) is 0 Å². The highest BCUT2D eigenvalue weighted by atomic mass is 19.4. The third kappa shape index (κ3) is 3.62. The van der Waals surface area contributed by atoms with Crippen LogP contribution in [0.2, 0.25) is 0 Å². The van der Waals surface area contributed by atoms with Gasteiger partial charge in [-0.05, 0) is 30.3 Å². The lowest BCUT2D eigenvalue weighted by Crippen LogP contribution is -2.09. The number of hydrogen-bond donors (Lipinski definition) is 1. The number of ether oxygens (including phenoxy) is 1. The average Bonchev–Trinajstić information content (AvgIpc) is 2.38. The standard InChI is InChI=1S/C14H10F5NO/c15-9-2-1-8(13(20)5-9)7-21-10-3-4-12(16)11(6-10)14(17,18)19/h1-6H,7,20H2. The van der Waals surface area contributed by atoms with E-state index in [1.807, 2.05) is 0 Å². The van der Waals surface area contributed by atoms with E-state index in [4.69, 9.17) is 10.5 Å². The summed E-state index contributed by atoms with van der Waals surface area (Å²) in [5, 5.41) is 0. The Morgan fingerprint density at radius 3 is 2.33 bits per heavy atom. The molecule has 0 saturated heterocycles. The van der Waals surface area contributed by atoms with Crippen molar-refractivity contribution in [3.8, 4) is 5.75 Å². The summed E-state index contributed by atoms with van der Waals surface area (Å²) in [5.41, 5.74) is 4.67. The van der Waals surface area contributed by atoms with Gasteiger partial charge in [0.05, 0.1) is 5.56 Å². The number of nitrogen functional groups attached to an aromatic ring is 1. The molecule has 7 heteroatoms. The highest BCUT2D eigenvalue weighted by molar-refractivity contribution is 5.46. The first-order valence-electron chi connectivity index (χ1n) is 5.81. The number of benzene rings is 2. The zero-order chi connectivity index (χ0) is 15.6. The van der Waals surface area contributed by atoms with E-state index in [9.17, 15) is 22.0 Å². The van der Waals surface area contributed by atoms with E-state index in [1.165, 1.54) is 6.07 Å². The summed E-state index contributed by atoms with van der Waals surface area (Å²) in [4.78, 5) is 0. The molecule has 2 aromatic rings. The average molecular weight is 303 g/mol. The van der Waals surface area contributed by atoms with Gasteiger partial charge in [-0.25, -0.2) is 8.78 Å². The molecule has 0 aliphatic heterocycles. The molecule has 0 fully saturated rings. The monoisotopic (exact) mass is 303 g/mol. The number of hydrogen-bond acceptors (Lipinski definition) is 2. The van der Waals surface area contributed by atoms with Crippen LogP contribution in [0.15, 0.2) is 36.4 Å². The molecule has 0 aliphatic rings. The predicted molar refractivity (Wildman–Crippen MR) is 66.5 cm³/mol. The topological polar surface area (TPSA) is 35.2 Å². The fourth-order valence-corrected chi connectivity index (χ4v) is 1.67. The van der Waals surface area contributed by atoms with Crippen molar-refractivity contribution in [3.63, 3.8) is 0 Å². The van der Waals surface area contributed by atoms with Crippen molar-refractivity contribution in [3.05, 3.63) is 59.2 Å². The smallest absolute Gasteiger partial charge is 0.419 e. The second-order valence-electron chi connectivity index (χ2n) is 4.27. The van der Waals surface area contributed by atoms with Gasteiger partial charge >= 0.3 is 6.18 Å². The van der Waals surface area contributed by atoms with Crippen LogP contribution < -0.4 is 10.5 Å². The third-order valence-corrected chi connectivity index (χ3v) is 2.75. The molecule has 2 aromatic carbocycles. The van der Waals surface area contributed by atoms with Crippen LogP contribution in [0.1, 0.15) is 11.1 Å². The lowest BCUT2D eigenvalue weighted by atomic mass is 10.2. The van der Waals surface area contributed by atoms with Gasteiger partial charge in [0.25, 0.3) is 0 Å². The molecule has 112 valence electrons. The van der Waals surface area contributed by atoms with Gasteiger partial charge in [-0.2, -0.15) is 13.2 Å². The molecule has 0 aromatic heterocycles. The molecule has 2 rings (SSSR count). The predicted octanol–water partition coefficient (Wildman–Crippen LogP) is 4.14. The van der Waals surface area contributed by atoms with E-state index in [1.54, 1.807) is 0 Å². The van der Waals surface area contributed by atoms with Crippen molar-refractivity contribution in [2.45, 2.75) is 12.8 Å². The van der Waals surface area contributed by atoms with Crippen LogP contribution in [0, 0.1) is 11.6 Å². The lowest BCUT2D eigenvalue weighted by molar-refractivity contribution is -0.140. The normalized spacial score (nSPS) is 11.5. The fourth-order valence-electron chi connectivity index (χ4n) is 1.67. The van der Waals surface area contributed by atoms with E-state index in [2.05, 4.69) is 0 Å². The molecule has 0 bridgehead atoms. The van der Waals surface area contributed by atoms with Gasteiger partial charge in [0.15, 0.2) is 0 Å².